The summed E-state index contributed by atoms with van der Waals surface area (Å²) in [5, 5.41) is 1.96. The lowest BCUT2D eigenvalue weighted by atomic mass is 10.2. The van der Waals surface area contributed by atoms with Crippen molar-refractivity contribution in [1.82, 2.24) is 9.80 Å². The standard InChI is InChI=1S/C12H18N2OS/c1-13-6-8-14(9-7-13)5-4-11(15)12-3-2-10-16-12/h2-3,10H,4-9H2,1H3. The van der Waals surface area contributed by atoms with Crippen LogP contribution >= 0.6 is 11.3 Å². The van der Waals surface area contributed by atoms with Crippen molar-refractivity contribution in [3.05, 3.63) is 22.4 Å². The smallest absolute Gasteiger partial charge is 0.174 e. The van der Waals surface area contributed by atoms with E-state index in [1.54, 1.807) is 11.3 Å². The van der Waals surface area contributed by atoms with Crippen LogP contribution in [0.25, 0.3) is 0 Å². The third kappa shape index (κ3) is 3.14. The molecule has 0 spiro atoms. The molecule has 1 saturated heterocycles. The molecule has 0 aliphatic carbocycles. The summed E-state index contributed by atoms with van der Waals surface area (Å²) >= 11 is 1.54. The van der Waals surface area contributed by atoms with E-state index in [4.69, 9.17) is 0 Å². The lowest BCUT2D eigenvalue weighted by Gasteiger charge is -2.32. The third-order valence-electron chi connectivity index (χ3n) is 3.05. The molecule has 0 bridgehead atoms. The normalized spacial score (nSPS) is 18.8. The van der Waals surface area contributed by atoms with Crippen molar-refractivity contribution in [3.63, 3.8) is 0 Å². The van der Waals surface area contributed by atoms with Crippen molar-refractivity contribution < 1.29 is 4.79 Å². The van der Waals surface area contributed by atoms with Gasteiger partial charge in [0.2, 0.25) is 0 Å². The Morgan fingerprint density at radius 3 is 2.75 bits per heavy atom. The molecule has 1 fully saturated rings. The fraction of sp³-hybridized carbons (Fsp3) is 0.583. The number of piperazine rings is 1. The molecule has 0 N–H and O–H groups in total. The predicted octanol–water partition coefficient (Wildman–Crippen LogP) is 1.57. The van der Waals surface area contributed by atoms with E-state index in [2.05, 4.69) is 16.8 Å². The highest BCUT2D eigenvalue weighted by molar-refractivity contribution is 7.12. The number of carbonyl (C=O) groups excluding carboxylic acids is 1. The van der Waals surface area contributed by atoms with Gasteiger partial charge in [0.25, 0.3) is 0 Å². The molecule has 1 aromatic heterocycles. The second-order valence-corrected chi connectivity index (χ2v) is 5.24. The number of nitrogens with zero attached hydrogens (tertiary/aromatic N) is 2. The average molecular weight is 238 g/mol. The minimum Gasteiger partial charge on any atom is -0.304 e. The zero-order valence-electron chi connectivity index (χ0n) is 9.69. The van der Waals surface area contributed by atoms with Gasteiger partial charge >= 0.3 is 0 Å². The van der Waals surface area contributed by atoms with E-state index < -0.39 is 0 Å². The Labute approximate surface area is 101 Å². The van der Waals surface area contributed by atoms with E-state index in [0.717, 1.165) is 37.6 Å². The summed E-state index contributed by atoms with van der Waals surface area (Å²) in [7, 11) is 2.15. The second-order valence-electron chi connectivity index (χ2n) is 4.30. The highest BCUT2D eigenvalue weighted by Gasteiger charge is 2.15. The molecule has 1 aromatic rings. The van der Waals surface area contributed by atoms with Crippen LogP contribution in [-0.2, 0) is 0 Å². The summed E-state index contributed by atoms with van der Waals surface area (Å²) in [5.41, 5.74) is 0. The number of hydrogen-bond donors (Lipinski definition) is 0. The van der Waals surface area contributed by atoms with Gasteiger partial charge in [-0.25, -0.2) is 0 Å². The minimum atomic E-state index is 0.286. The number of rotatable bonds is 4. The lowest BCUT2D eigenvalue weighted by Crippen LogP contribution is -2.44. The number of Topliss-reactive ketones (excluding diaryl/α,β-unsaturated/α-hetero) is 1. The van der Waals surface area contributed by atoms with Crippen molar-refractivity contribution in [1.29, 1.82) is 0 Å². The molecule has 0 radical (unpaired) electrons. The van der Waals surface area contributed by atoms with E-state index in [9.17, 15) is 4.79 Å². The highest BCUT2D eigenvalue weighted by Crippen LogP contribution is 2.11. The SMILES string of the molecule is CN1CCN(CCC(=O)c2cccs2)CC1. The zero-order valence-corrected chi connectivity index (χ0v) is 10.5. The van der Waals surface area contributed by atoms with Gasteiger partial charge in [-0.2, -0.15) is 0 Å². The van der Waals surface area contributed by atoms with E-state index in [-0.39, 0.29) is 5.78 Å². The van der Waals surface area contributed by atoms with Gasteiger partial charge in [-0.15, -0.1) is 11.3 Å². The van der Waals surface area contributed by atoms with Gasteiger partial charge < -0.3 is 9.80 Å². The molecular weight excluding hydrogens is 220 g/mol. The van der Waals surface area contributed by atoms with Crippen LogP contribution in [0.4, 0.5) is 0 Å². The Morgan fingerprint density at radius 2 is 2.12 bits per heavy atom. The van der Waals surface area contributed by atoms with Gasteiger partial charge in [-0.3, -0.25) is 4.79 Å². The van der Waals surface area contributed by atoms with Crippen molar-refractivity contribution in [2.75, 3.05) is 39.8 Å². The van der Waals surface area contributed by atoms with Crippen molar-refractivity contribution in [3.8, 4) is 0 Å². The summed E-state index contributed by atoms with van der Waals surface area (Å²) in [5.74, 6) is 0.286. The van der Waals surface area contributed by atoms with Gasteiger partial charge in [-0.1, -0.05) is 6.07 Å². The van der Waals surface area contributed by atoms with Crippen LogP contribution in [0.2, 0.25) is 0 Å². The van der Waals surface area contributed by atoms with Crippen LogP contribution in [0.1, 0.15) is 16.1 Å². The van der Waals surface area contributed by atoms with Crippen LogP contribution in [0.5, 0.6) is 0 Å². The number of hydrogen-bond acceptors (Lipinski definition) is 4. The summed E-state index contributed by atoms with van der Waals surface area (Å²) in [4.78, 5) is 17.4. The molecule has 4 heteroatoms. The van der Waals surface area contributed by atoms with E-state index in [0.29, 0.717) is 6.42 Å². The van der Waals surface area contributed by atoms with E-state index in [1.807, 2.05) is 17.5 Å². The molecule has 16 heavy (non-hydrogen) atoms. The lowest BCUT2D eigenvalue weighted by molar-refractivity contribution is 0.0945. The topological polar surface area (TPSA) is 23.6 Å². The maximum absolute atomic E-state index is 11.8. The monoisotopic (exact) mass is 238 g/mol. The largest absolute Gasteiger partial charge is 0.304 e. The molecule has 0 unspecified atom stereocenters. The number of likely N-dealkylation sites (N-methyl/N-ethyl adjacent to an activating group) is 1. The van der Waals surface area contributed by atoms with Crippen LogP contribution in [0.15, 0.2) is 17.5 Å². The quantitative estimate of drug-likeness (QED) is 0.744. The van der Waals surface area contributed by atoms with Gasteiger partial charge in [-0.05, 0) is 18.5 Å². The maximum atomic E-state index is 11.8. The summed E-state index contributed by atoms with van der Waals surface area (Å²) in [6.07, 6.45) is 0.657. The van der Waals surface area contributed by atoms with Crippen molar-refractivity contribution in [2.24, 2.45) is 0 Å². The third-order valence-corrected chi connectivity index (χ3v) is 3.96. The average Bonchev–Trinajstić information content (AvgIpc) is 2.81. The zero-order chi connectivity index (χ0) is 11.4. The summed E-state index contributed by atoms with van der Waals surface area (Å²) in [6.45, 7) is 5.33. The Morgan fingerprint density at radius 1 is 1.38 bits per heavy atom. The summed E-state index contributed by atoms with van der Waals surface area (Å²) < 4.78 is 0. The molecule has 3 nitrogen and oxygen atoms in total. The molecule has 1 aliphatic rings. The Balaban J connectivity index is 1.73. The second kappa shape index (κ2) is 5.57. The summed E-state index contributed by atoms with van der Waals surface area (Å²) in [6, 6.07) is 3.85. The number of carbonyl (C=O) groups is 1. The van der Waals surface area contributed by atoms with Crippen LogP contribution in [0.3, 0.4) is 0 Å². The first kappa shape index (κ1) is 11.8. The van der Waals surface area contributed by atoms with Crippen molar-refractivity contribution >= 4 is 17.1 Å². The first-order valence-electron chi connectivity index (χ1n) is 5.73. The van der Waals surface area contributed by atoms with Gasteiger partial charge in [0.15, 0.2) is 5.78 Å². The fourth-order valence-electron chi connectivity index (χ4n) is 1.89. The molecular formula is C12H18N2OS. The number of ketones is 1. The first-order valence-corrected chi connectivity index (χ1v) is 6.61. The fourth-order valence-corrected chi connectivity index (χ4v) is 2.59. The Bertz CT molecular complexity index is 329. The van der Waals surface area contributed by atoms with Crippen LogP contribution < -0.4 is 0 Å². The van der Waals surface area contributed by atoms with Crippen molar-refractivity contribution in [2.45, 2.75) is 6.42 Å². The molecule has 2 rings (SSSR count). The van der Waals surface area contributed by atoms with Gasteiger partial charge in [0.1, 0.15) is 0 Å². The maximum Gasteiger partial charge on any atom is 0.174 e. The molecule has 1 aliphatic heterocycles. The van der Waals surface area contributed by atoms with E-state index >= 15 is 0 Å². The number of thiophene rings is 1. The molecule has 0 aromatic carbocycles. The Kier molecular flexibility index (Phi) is 4.09. The minimum absolute atomic E-state index is 0.286. The van der Waals surface area contributed by atoms with Gasteiger partial charge in [0, 0.05) is 39.1 Å². The molecule has 0 saturated carbocycles. The molecule has 0 atom stereocenters. The van der Waals surface area contributed by atoms with Gasteiger partial charge in [0.05, 0.1) is 4.88 Å². The van der Waals surface area contributed by atoms with E-state index in [1.165, 1.54) is 0 Å². The predicted molar refractivity (Wildman–Crippen MR) is 67.2 cm³/mol. The first-order chi connectivity index (χ1) is 7.75. The van der Waals surface area contributed by atoms with Crippen LogP contribution in [-0.4, -0.2) is 55.4 Å². The Hall–Kier alpha value is -0.710. The molecule has 2 heterocycles. The highest BCUT2D eigenvalue weighted by atomic mass is 32.1. The molecule has 0 amide bonds. The van der Waals surface area contributed by atoms with Crippen LogP contribution in [0, 0.1) is 0 Å². The molecule has 88 valence electrons.